The molecule has 7 heteroatoms. The van der Waals surface area contributed by atoms with Crippen LogP contribution in [0.1, 0.15) is 49.0 Å². The molecular weight excluding hydrogens is 319 g/mol. The van der Waals surface area contributed by atoms with Gasteiger partial charge in [-0.25, -0.2) is 0 Å². The van der Waals surface area contributed by atoms with Crippen molar-refractivity contribution >= 4 is 5.91 Å². The molecule has 0 bridgehead atoms. The Balaban J connectivity index is 2.02. The highest BCUT2D eigenvalue weighted by Crippen LogP contribution is 2.31. The average Bonchev–Trinajstić information content (AvgIpc) is 2.52. The fourth-order valence-electron chi connectivity index (χ4n) is 3.12. The number of halogens is 3. The molecule has 24 heavy (non-hydrogen) atoms. The van der Waals surface area contributed by atoms with E-state index in [9.17, 15) is 18.0 Å². The molecule has 1 aliphatic heterocycles. The molecule has 2 rings (SSSR count). The van der Waals surface area contributed by atoms with Crippen LogP contribution >= 0.6 is 0 Å². The van der Waals surface area contributed by atoms with E-state index in [4.69, 9.17) is 0 Å². The van der Waals surface area contributed by atoms with E-state index < -0.39 is 17.6 Å². The topological polar surface area (TPSA) is 45.2 Å². The summed E-state index contributed by atoms with van der Waals surface area (Å²) in [6.45, 7) is 6.55. The normalized spacial score (nSPS) is 19.5. The number of pyridine rings is 1. The van der Waals surface area contributed by atoms with Crippen LogP contribution in [-0.2, 0) is 6.18 Å². The summed E-state index contributed by atoms with van der Waals surface area (Å²) >= 11 is 0. The predicted molar refractivity (Wildman–Crippen MR) is 85.6 cm³/mol. The molecule has 1 fully saturated rings. The number of carbonyl (C=O) groups excluding carboxylic acids is 1. The largest absolute Gasteiger partial charge is 0.418 e. The molecule has 1 aromatic heterocycles. The Morgan fingerprint density at radius 3 is 2.83 bits per heavy atom. The molecule has 1 N–H and O–H groups in total. The number of piperidine rings is 1. The molecule has 0 saturated carbocycles. The van der Waals surface area contributed by atoms with Gasteiger partial charge in [0.2, 0.25) is 0 Å². The third kappa shape index (κ3) is 4.93. The zero-order valence-corrected chi connectivity index (χ0v) is 14.1. The van der Waals surface area contributed by atoms with Gasteiger partial charge in [-0.15, -0.1) is 0 Å². The van der Waals surface area contributed by atoms with E-state index >= 15 is 0 Å². The first-order valence-electron chi connectivity index (χ1n) is 8.32. The number of hydrogen-bond donors (Lipinski definition) is 1. The molecule has 0 unspecified atom stereocenters. The predicted octanol–water partition coefficient (Wildman–Crippen LogP) is 3.34. The summed E-state index contributed by atoms with van der Waals surface area (Å²) in [7, 11) is 0. The second kappa shape index (κ2) is 7.96. The Kier molecular flexibility index (Phi) is 6.21. The van der Waals surface area contributed by atoms with Crippen LogP contribution in [0.2, 0.25) is 0 Å². The molecular formula is C17H24F3N3O. The van der Waals surface area contributed by atoms with Crippen LogP contribution in [0, 0.1) is 5.92 Å². The lowest BCUT2D eigenvalue weighted by Gasteiger charge is -2.36. The zero-order valence-electron chi connectivity index (χ0n) is 14.1. The number of amides is 1. The van der Waals surface area contributed by atoms with E-state index in [1.165, 1.54) is 6.20 Å². The fourth-order valence-corrected chi connectivity index (χ4v) is 3.12. The number of nitrogens with zero attached hydrogens (tertiary/aromatic N) is 2. The van der Waals surface area contributed by atoms with Crippen molar-refractivity contribution in [1.82, 2.24) is 15.2 Å². The van der Waals surface area contributed by atoms with Gasteiger partial charge >= 0.3 is 6.18 Å². The Bertz CT molecular complexity index is 560. The summed E-state index contributed by atoms with van der Waals surface area (Å²) in [5, 5.41) is 2.68. The third-order valence-corrected chi connectivity index (χ3v) is 4.22. The average molecular weight is 343 g/mol. The van der Waals surface area contributed by atoms with E-state index in [2.05, 4.69) is 29.0 Å². The number of nitrogens with one attached hydrogen (secondary N) is 1. The summed E-state index contributed by atoms with van der Waals surface area (Å²) in [5.74, 6) is -0.182. The Hall–Kier alpha value is -1.63. The zero-order chi connectivity index (χ0) is 17.7. The standard InChI is InChI=1S/C17H24F3N3O/c1-12(2)11-23-8-4-3-5-13(23)9-22-16(24)14-6-7-21-10-15(14)17(18,19)20/h6-7,10,12-13H,3-5,8-9,11H2,1-2H3,(H,22,24)/t13-/m0/s1. The molecule has 1 amide bonds. The minimum atomic E-state index is -4.59. The highest BCUT2D eigenvalue weighted by atomic mass is 19.4. The highest BCUT2D eigenvalue weighted by Gasteiger charge is 2.35. The second-order valence-electron chi connectivity index (χ2n) is 6.67. The van der Waals surface area contributed by atoms with Crippen LogP contribution in [0.4, 0.5) is 13.2 Å². The molecule has 1 aliphatic rings. The van der Waals surface area contributed by atoms with Crippen LogP contribution < -0.4 is 5.32 Å². The second-order valence-corrected chi connectivity index (χ2v) is 6.67. The molecule has 0 aliphatic carbocycles. The smallest absolute Gasteiger partial charge is 0.350 e. The molecule has 1 aromatic rings. The van der Waals surface area contributed by atoms with E-state index in [0.717, 1.165) is 38.4 Å². The number of rotatable bonds is 5. The van der Waals surface area contributed by atoms with Gasteiger partial charge in [0.25, 0.3) is 5.91 Å². The van der Waals surface area contributed by atoms with Crippen LogP contribution in [0.5, 0.6) is 0 Å². The minimum absolute atomic E-state index is 0.182. The quantitative estimate of drug-likeness (QED) is 0.892. The summed E-state index contributed by atoms with van der Waals surface area (Å²) in [5.41, 5.74) is -1.37. The SMILES string of the molecule is CC(C)CN1CCCC[C@H]1CNC(=O)c1ccncc1C(F)(F)F. The van der Waals surface area contributed by atoms with Crippen LogP contribution in [0.25, 0.3) is 0 Å². The number of hydrogen-bond acceptors (Lipinski definition) is 3. The summed E-state index contributed by atoms with van der Waals surface area (Å²) in [6, 6.07) is 1.30. The molecule has 1 atom stereocenters. The van der Waals surface area contributed by atoms with Gasteiger partial charge in [-0.2, -0.15) is 13.2 Å². The number of carbonyl (C=O) groups is 1. The first-order chi connectivity index (χ1) is 11.3. The van der Waals surface area contributed by atoms with Crippen molar-refractivity contribution in [1.29, 1.82) is 0 Å². The maximum atomic E-state index is 13.0. The van der Waals surface area contributed by atoms with Crippen molar-refractivity contribution in [2.24, 2.45) is 5.92 Å². The van der Waals surface area contributed by atoms with Gasteiger partial charge in [-0.3, -0.25) is 14.7 Å². The number of aromatic nitrogens is 1. The molecule has 0 radical (unpaired) electrons. The molecule has 4 nitrogen and oxygen atoms in total. The van der Waals surface area contributed by atoms with Gasteiger partial charge in [-0.1, -0.05) is 20.3 Å². The van der Waals surface area contributed by atoms with Gasteiger partial charge < -0.3 is 5.32 Å². The molecule has 134 valence electrons. The van der Waals surface area contributed by atoms with Gasteiger partial charge in [0.05, 0.1) is 11.1 Å². The minimum Gasteiger partial charge on any atom is -0.350 e. The summed E-state index contributed by atoms with van der Waals surface area (Å²) < 4.78 is 38.9. The van der Waals surface area contributed by atoms with Gasteiger partial charge in [-0.05, 0) is 31.4 Å². The Morgan fingerprint density at radius 1 is 1.42 bits per heavy atom. The first kappa shape index (κ1) is 18.7. The fraction of sp³-hybridized carbons (Fsp3) is 0.647. The maximum absolute atomic E-state index is 13.0. The lowest BCUT2D eigenvalue weighted by Crippen LogP contribution is -2.48. The molecule has 0 aromatic carbocycles. The van der Waals surface area contributed by atoms with E-state index in [1.807, 2.05) is 0 Å². The lowest BCUT2D eigenvalue weighted by atomic mass is 10.00. The summed E-state index contributed by atoms with van der Waals surface area (Å²) in [4.78, 5) is 18.0. The maximum Gasteiger partial charge on any atom is 0.418 e. The third-order valence-electron chi connectivity index (χ3n) is 4.22. The first-order valence-corrected chi connectivity index (χ1v) is 8.32. The molecule has 1 saturated heterocycles. The van der Waals surface area contributed by atoms with Gasteiger partial charge in [0, 0.05) is 31.5 Å². The molecule has 0 spiro atoms. The van der Waals surface area contributed by atoms with Crippen LogP contribution in [0.15, 0.2) is 18.5 Å². The van der Waals surface area contributed by atoms with Gasteiger partial charge in [0.1, 0.15) is 0 Å². The Labute approximate surface area is 140 Å². The Morgan fingerprint density at radius 2 is 2.17 bits per heavy atom. The molecule has 2 heterocycles. The number of alkyl halides is 3. The highest BCUT2D eigenvalue weighted by molar-refractivity contribution is 5.95. The van der Waals surface area contributed by atoms with Crippen LogP contribution in [0.3, 0.4) is 0 Å². The monoisotopic (exact) mass is 343 g/mol. The van der Waals surface area contributed by atoms with Crippen molar-refractivity contribution in [3.05, 3.63) is 29.6 Å². The van der Waals surface area contributed by atoms with Crippen molar-refractivity contribution in [2.45, 2.75) is 45.3 Å². The van der Waals surface area contributed by atoms with E-state index in [-0.39, 0.29) is 11.6 Å². The van der Waals surface area contributed by atoms with Crippen LogP contribution in [-0.4, -0.2) is 41.5 Å². The van der Waals surface area contributed by atoms with E-state index in [1.54, 1.807) is 0 Å². The lowest BCUT2D eigenvalue weighted by molar-refractivity contribution is -0.138. The van der Waals surface area contributed by atoms with Gasteiger partial charge in [0.15, 0.2) is 0 Å². The van der Waals surface area contributed by atoms with Crippen molar-refractivity contribution < 1.29 is 18.0 Å². The van der Waals surface area contributed by atoms with Crippen molar-refractivity contribution in [2.75, 3.05) is 19.6 Å². The van der Waals surface area contributed by atoms with Crippen molar-refractivity contribution in [3.8, 4) is 0 Å². The summed E-state index contributed by atoms with van der Waals surface area (Å²) in [6.07, 6.45) is 0.472. The number of likely N-dealkylation sites (tertiary alicyclic amines) is 1. The van der Waals surface area contributed by atoms with Crippen molar-refractivity contribution in [3.63, 3.8) is 0 Å². The van der Waals surface area contributed by atoms with E-state index in [0.29, 0.717) is 18.7 Å².